The molecule has 0 aromatic rings. The summed E-state index contributed by atoms with van der Waals surface area (Å²) in [4.78, 5) is 0. The SMILES string of the molecule is CCC(N)CCP. The van der Waals surface area contributed by atoms with Crippen molar-refractivity contribution >= 4 is 9.24 Å². The fraction of sp³-hybridized carbons (Fsp3) is 1.00. The lowest BCUT2D eigenvalue weighted by Crippen LogP contribution is -2.18. The van der Waals surface area contributed by atoms with Gasteiger partial charge in [0, 0.05) is 6.04 Å². The molecule has 0 bridgehead atoms. The molecule has 0 heterocycles. The summed E-state index contributed by atoms with van der Waals surface area (Å²) >= 11 is 0. The highest BCUT2D eigenvalue weighted by molar-refractivity contribution is 7.16. The second kappa shape index (κ2) is 4.55. The summed E-state index contributed by atoms with van der Waals surface area (Å²) in [7, 11) is 2.67. The number of rotatable bonds is 3. The maximum absolute atomic E-state index is 5.57. The zero-order valence-corrected chi connectivity index (χ0v) is 6.01. The van der Waals surface area contributed by atoms with E-state index in [-0.39, 0.29) is 0 Å². The van der Waals surface area contributed by atoms with E-state index in [2.05, 4.69) is 16.2 Å². The Morgan fingerprint density at radius 3 is 2.43 bits per heavy atom. The van der Waals surface area contributed by atoms with Crippen LogP contribution in [0.4, 0.5) is 0 Å². The Morgan fingerprint density at radius 1 is 1.71 bits per heavy atom. The third-order valence-corrected chi connectivity index (χ3v) is 1.40. The average Bonchev–Trinajstić information content (AvgIpc) is 1.68. The summed E-state index contributed by atoms with van der Waals surface area (Å²) in [5.41, 5.74) is 5.57. The van der Waals surface area contributed by atoms with Gasteiger partial charge in [0.15, 0.2) is 0 Å². The molecule has 2 unspecified atom stereocenters. The van der Waals surface area contributed by atoms with E-state index < -0.39 is 0 Å². The van der Waals surface area contributed by atoms with E-state index in [9.17, 15) is 0 Å². The Kier molecular flexibility index (Phi) is 4.80. The first-order valence-corrected chi connectivity index (χ1v) is 3.58. The molecule has 0 saturated carbocycles. The first-order chi connectivity index (χ1) is 3.31. The fourth-order valence-electron chi connectivity index (χ4n) is 0.418. The maximum atomic E-state index is 5.57. The van der Waals surface area contributed by atoms with E-state index in [1.54, 1.807) is 0 Å². The summed E-state index contributed by atoms with van der Waals surface area (Å²) in [6.45, 7) is 2.12. The minimum atomic E-state index is 0.428. The highest BCUT2D eigenvalue weighted by atomic mass is 31.0. The van der Waals surface area contributed by atoms with Gasteiger partial charge in [0.1, 0.15) is 0 Å². The van der Waals surface area contributed by atoms with Gasteiger partial charge in [0.05, 0.1) is 0 Å². The van der Waals surface area contributed by atoms with E-state index in [1.807, 2.05) is 0 Å². The molecule has 2 heteroatoms. The van der Waals surface area contributed by atoms with Crippen molar-refractivity contribution in [1.29, 1.82) is 0 Å². The van der Waals surface area contributed by atoms with E-state index in [0.717, 1.165) is 19.0 Å². The minimum absolute atomic E-state index is 0.428. The van der Waals surface area contributed by atoms with Crippen LogP contribution < -0.4 is 5.73 Å². The minimum Gasteiger partial charge on any atom is -0.328 e. The quantitative estimate of drug-likeness (QED) is 0.551. The molecule has 1 nitrogen and oxygen atoms in total. The molecule has 2 atom stereocenters. The van der Waals surface area contributed by atoms with Crippen LogP contribution in [0.3, 0.4) is 0 Å². The molecular weight excluding hydrogens is 105 g/mol. The van der Waals surface area contributed by atoms with Crippen molar-refractivity contribution in [2.45, 2.75) is 25.8 Å². The standard InChI is InChI=1S/C5H14NP/c1-2-5(6)3-4-7/h5H,2-4,6-7H2,1H3. The van der Waals surface area contributed by atoms with Crippen LogP contribution in [0.15, 0.2) is 0 Å². The molecule has 0 rings (SSSR count). The molecule has 0 aromatic heterocycles. The first kappa shape index (κ1) is 7.39. The van der Waals surface area contributed by atoms with Gasteiger partial charge in [-0.3, -0.25) is 0 Å². The van der Waals surface area contributed by atoms with E-state index >= 15 is 0 Å². The highest BCUT2D eigenvalue weighted by Gasteiger charge is 1.92. The van der Waals surface area contributed by atoms with Gasteiger partial charge in [-0.1, -0.05) is 6.92 Å². The Hall–Kier alpha value is 0.390. The van der Waals surface area contributed by atoms with Gasteiger partial charge in [-0.15, -0.1) is 9.24 Å². The zero-order chi connectivity index (χ0) is 5.70. The number of hydrogen-bond acceptors (Lipinski definition) is 1. The Bertz CT molecular complexity index is 39.1. The van der Waals surface area contributed by atoms with Gasteiger partial charge in [-0.2, -0.15) is 0 Å². The highest BCUT2D eigenvalue weighted by Crippen LogP contribution is 1.95. The Balaban J connectivity index is 2.83. The number of nitrogens with two attached hydrogens (primary N) is 1. The van der Waals surface area contributed by atoms with Crippen molar-refractivity contribution < 1.29 is 0 Å². The maximum Gasteiger partial charge on any atom is 0.00393 e. The lowest BCUT2D eigenvalue weighted by Gasteiger charge is -2.03. The van der Waals surface area contributed by atoms with Crippen LogP contribution >= 0.6 is 9.24 Å². The molecule has 0 aliphatic carbocycles. The van der Waals surface area contributed by atoms with Crippen molar-refractivity contribution in [2.24, 2.45) is 5.73 Å². The third-order valence-electron chi connectivity index (χ3n) is 1.06. The van der Waals surface area contributed by atoms with Crippen molar-refractivity contribution in [3.8, 4) is 0 Å². The summed E-state index contributed by atoms with van der Waals surface area (Å²) in [5, 5.41) is 0. The molecule has 0 aliphatic heterocycles. The van der Waals surface area contributed by atoms with Crippen LogP contribution in [-0.2, 0) is 0 Å². The van der Waals surface area contributed by atoms with Gasteiger partial charge in [0.2, 0.25) is 0 Å². The van der Waals surface area contributed by atoms with Gasteiger partial charge in [0.25, 0.3) is 0 Å². The van der Waals surface area contributed by atoms with Crippen molar-refractivity contribution in [1.82, 2.24) is 0 Å². The summed E-state index contributed by atoms with van der Waals surface area (Å²) < 4.78 is 0. The van der Waals surface area contributed by atoms with Gasteiger partial charge in [-0.05, 0) is 19.0 Å². The summed E-state index contributed by atoms with van der Waals surface area (Å²) in [5.74, 6) is 0. The topological polar surface area (TPSA) is 26.0 Å². The molecular formula is C5H14NP. The molecule has 0 radical (unpaired) electrons. The largest absolute Gasteiger partial charge is 0.328 e. The number of hydrogen-bond donors (Lipinski definition) is 1. The Morgan fingerprint density at radius 2 is 2.29 bits per heavy atom. The predicted molar refractivity (Wildman–Crippen MR) is 37.5 cm³/mol. The van der Waals surface area contributed by atoms with Gasteiger partial charge in [-0.25, -0.2) is 0 Å². The zero-order valence-electron chi connectivity index (χ0n) is 4.85. The van der Waals surface area contributed by atoms with Crippen LogP contribution in [-0.4, -0.2) is 12.2 Å². The summed E-state index contributed by atoms with van der Waals surface area (Å²) in [6.07, 6.45) is 3.38. The lowest BCUT2D eigenvalue weighted by molar-refractivity contribution is 0.634. The second-order valence-corrected chi connectivity index (χ2v) is 2.32. The fourth-order valence-corrected chi connectivity index (χ4v) is 0.846. The van der Waals surface area contributed by atoms with Crippen molar-refractivity contribution in [2.75, 3.05) is 6.16 Å². The van der Waals surface area contributed by atoms with Crippen molar-refractivity contribution in [3.05, 3.63) is 0 Å². The predicted octanol–water partition coefficient (Wildman–Crippen LogP) is 0.989. The van der Waals surface area contributed by atoms with Crippen LogP contribution in [0.1, 0.15) is 19.8 Å². The average molecular weight is 119 g/mol. The van der Waals surface area contributed by atoms with E-state index in [4.69, 9.17) is 5.73 Å². The van der Waals surface area contributed by atoms with E-state index in [0.29, 0.717) is 6.04 Å². The van der Waals surface area contributed by atoms with Crippen LogP contribution in [0, 0.1) is 0 Å². The lowest BCUT2D eigenvalue weighted by atomic mass is 10.2. The van der Waals surface area contributed by atoms with Gasteiger partial charge >= 0.3 is 0 Å². The Labute approximate surface area is 47.9 Å². The monoisotopic (exact) mass is 119 g/mol. The second-order valence-electron chi connectivity index (χ2n) is 1.75. The molecule has 2 N–H and O–H groups in total. The van der Waals surface area contributed by atoms with Gasteiger partial charge < -0.3 is 5.73 Å². The van der Waals surface area contributed by atoms with Crippen molar-refractivity contribution in [3.63, 3.8) is 0 Å². The molecule has 0 aromatic carbocycles. The van der Waals surface area contributed by atoms with Crippen LogP contribution in [0.2, 0.25) is 0 Å². The molecule has 44 valence electrons. The summed E-state index contributed by atoms with van der Waals surface area (Å²) in [6, 6.07) is 0.428. The van der Waals surface area contributed by atoms with E-state index in [1.165, 1.54) is 0 Å². The molecule has 0 spiro atoms. The molecule has 0 saturated heterocycles. The molecule has 0 aliphatic rings. The normalized spacial score (nSPS) is 14.1. The first-order valence-electron chi connectivity index (χ1n) is 2.77. The van der Waals surface area contributed by atoms with Crippen LogP contribution in [0.5, 0.6) is 0 Å². The third kappa shape index (κ3) is 4.24. The van der Waals surface area contributed by atoms with Crippen LogP contribution in [0.25, 0.3) is 0 Å². The molecule has 0 fully saturated rings. The molecule has 7 heavy (non-hydrogen) atoms. The smallest absolute Gasteiger partial charge is 0.00393 e. The molecule has 0 amide bonds.